The van der Waals surface area contributed by atoms with Crippen LogP contribution in [0.2, 0.25) is 0 Å². The number of methoxy groups -OCH3 is 1. The Morgan fingerprint density at radius 3 is 2.53 bits per heavy atom. The third-order valence-corrected chi connectivity index (χ3v) is 3.57. The highest BCUT2D eigenvalue weighted by Crippen LogP contribution is 2.27. The summed E-state index contributed by atoms with van der Waals surface area (Å²) in [5.74, 6) is 0.680. The largest absolute Gasteiger partial charge is 0.495 e. The minimum atomic E-state index is 0.0273. The summed E-state index contributed by atoms with van der Waals surface area (Å²) < 4.78 is 5.16. The second-order valence-electron chi connectivity index (χ2n) is 3.70. The van der Waals surface area contributed by atoms with Gasteiger partial charge in [0.15, 0.2) is 0 Å². The zero-order valence-corrected chi connectivity index (χ0v) is 10.7. The molecule has 1 aromatic heterocycles. The molecule has 0 aliphatic rings. The van der Waals surface area contributed by atoms with Crippen molar-refractivity contribution in [2.75, 3.05) is 7.11 Å². The number of aryl methyl sites for hydroxylation is 1. The monoisotopic (exact) mass is 246 g/mol. The normalized spacial score (nSPS) is 10.2. The Morgan fingerprint density at radius 2 is 1.94 bits per heavy atom. The first-order valence-corrected chi connectivity index (χ1v) is 6.39. The Kier molecular flexibility index (Phi) is 3.59. The van der Waals surface area contributed by atoms with E-state index in [9.17, 15) is 4.79 Å². The van der Waals surface area contributed by atoms with E-state index in [1.54, 1.807) is 7.11 Å². The van der Waals surface area contributed by atoms with E-state index in [0.29, 0.717) is 16.2 Å². The molecule has 0 fully saturated rings. The molecule has 0 atom stereocenters. The average molecular weight is 246 g/mol. The van der Waals surface area contributed by atoms with Crippen molar-refractivity contribution in [3.8, 4) is 5.75 Å². The van der Waals surface area contributed by atoms with Crippen LogP contribution in [0.15, 0.2) is 35.7 Å². The number of hydrogen-bond donors (Lipinski definition) is 0. The summed E-state index contributed by atoms with van der Waals surface area (Å²) in [5.41, 5.74) is 1.95. The van der Waals surface area contributed by atoms with Crippen molar-refractivity contribution < 1.29 is 9.53 Å². The highest BCUT2D eigenvalue weighted by molar-refractivity contribution is 7.12. The van der Waals surface area contributed by atoms with Crippen molar-refractivity contribution in [1.82, 2.24) is 0 Å². The van der Waals surface area contributed by atoms with Gasteiger partial charge in [-0.3, -0.25) is 4.79 Å². The van der Waals surface area contributed by atoms with E-state index in [1.807, 2.05) is 35.7 Å². The van der Waals surface area contributed by atoms with Crippen LogP contribution in [-0.4, -0.2) is 12.9 Å². The standard InChI is InChI=1S/C14H14O2S/c1-3-10-4-6-11(7-5-10)13(15)14-12(16-2)8-9-17-14/h4-9H,3H2,1-2H3. The van der Waals surface area contributed by atoms with Crippen LogP contribution in [0.5, 0.6) is 5.75 Å². The third kappa shape index (κ3) is 2.39. The molecule has 17 heavy (non-hydrogen) atoms. The molecule has 0 saturated heterocycles. The first-order chi connectivity index (χ1) is 8.26. The molecule has 0 bridgehead atoms. The van der Waals surface area contributed by atoms with Crippen molar-refractivity contribution in [2.24, 2.45) is 0 Å². The predicted molar refractivity (Wildman–Crippen MR) is 70.1 cm³/mol. The van der Waals surface area contributed by atoms with Gasteiger partial charge >= 0.3 is 0 Å². The second kappa shape index (κ2) is 5.15. The van der Waals surface area contributed by atoms with Crippen molar-refractivity contribution in [3.63, 3.8) is 0 Å². The van der Waals surface area contributed by atoms with E-state index >= 15 is 0 Å². The van der Waals surface area contributed by atoms with Gasteiger partial charge in [0.1, 0.15) is 10.6 Å². The number of carbonyl (C=O) groups excluding carboxylic acids is 1. The van der Waals surface area contributed by atoms with Crippen LogP contribution in [0.25, 0.3) is 0 Å². The first kappa shape index (κ1) is 11.9. The molecule has 1 aromatic carbocycles. The third-order valence-electron chi connectivity index (χ3n) is 2.68. The number of thiophene rings is 1. The molecule has 0 N–H and O–H groups in total. The molecule has 0 aliphatic heterocycles. The second-order valence-corrected chi connectivity index (χ2v) is 4.61. The minimum absolute atomic E-state index is 0.0273. The van der Waals surface area contributed by atoms with Gasteiger partial charge in [-0.05, 0) is 23.4 Å². The van der Waals surface area contributed by atoms with E-state index < -0.39 is 0 Å². The predicted octanol–water partition coefficient (Wildman–Crippen LogP) is 3.55. The number of ether oxygens (including phenoxy) is 1. The van der Waals surface area contributed by atoms with Gasteiger partial charge in [0.05, 0.1) is 7.11 Å². The van der Waals surface area contributed by atoms with Crippen LogP contribution in [0.4, 0.5) is 0 Å². The van der Waals surface area contributed by atoms with Crippen molar-refractivity contribution in [1.29, 1.82) is 0 Å². The van der Waals surface area contributed by atoms with Crippen LogP contribution in [0.1, 0.15) is 27.7 Å². The first-order valence-electron chi connectivity index (χ1n) is 5.51. The molecular formula is C14H14O2S. The maximum Gasteiger partial charge on any atom is 0.206 e. The van der Waals surface area contributed by atoms with Gasteiger partial charge in [0.2, 0.25) is 5.78 Å². The van der Waals surface area contributed by atoms with E-state index in [4.69, 9.17) is 4.74 Å². The molecule has 2 nitrogen and oxygen atoms in total. The fourth-order valence-electron chi connectivity index (χ4n) is 1.65. The number of hydrogen-bond acceptors (Lipinski definition) is 3. The Labute approximate surface area is 105 Å². The maximum atomic E-state index is 12.2. The van der Waals surface area contributed by atoms with E-state index in [2.05, 4.69) is 6.92 Å². The Balaban J connectivity index is 2.30. The Bertz CT molecular complexity index is 511. The quantitative estimate of drug-likeness (QED) is 0.771. The SMILES string of the molecule is CCc1ccc(C(=O)c2sccc2OC)cc1. The summed E-state index contributed by atoms with van der Waals surface area (Å²) in [6.45, 7) is 2.10. The zero-order chi connectivity index (χ0) is 12.3. The van der Waals surface area contributed by atoms with Gasteiger partial charge in [-0.1, -0.05) is 31.2 Å². The Morgan fingerprint density at radius 1 is 1.24 bits per heavy atom. The molecule has 0 amide bonds. The molecule has 2 rings (SSSR count). The molecule has 0 unspecified atom stereocenters. The van der Waals surface area contributed by atoms with Crippen molar-refractivity contribution >= 4 is 17.1 Å². The molecule has 88 valence electrons. The van der Waals surface area contributed by atoms with Crippen molar-refractivity contribution in [3.05, 3.63) is 51.7 Å². The number of benzene rings is 1. The lowest BCUT2D eigenvalue weighted by Gasteiger charge is -2.03. The highest BCUT2D eigenvalue weighted by Gasteiger charge is 2.15. The summed E-state index contributed by atoms with van der Waals surface area (Å²) in [6, 6.07) is 9.56. The van der Waals surface area contributed by atoms with Crippen LogP contribution >= 0.6 is 11.3 Å². The topological polar surface area (TPSA) is 26.3 Å². The van der Waals surface area contributed by atoms with Gasteiger partial charge in [-0.25, -0.2) is 0 Å². The number of carbonyl (C=O) groups is 1. The average Bonchev–Trinajstić information content (AvgIpc) is 2.86. The van der Waals surface area contributed by atoms with Gasteiger partial charge in [0.25, 0.3) is 0 Å². The van der Waals surface area contributed by atoms with E-state index in [0.717, 1.165) is 6.42 Å². The van der Waals surface area contributed by atoms with Gasteiger partial charge in [-0.2, -0.15) is 0 Å². The molecule has 0 aliphatic carbocycles. The van der Waals surface area contributed by atoms with Crippen molar-refractivity contribution in [2.45, 2.75) is 13.3 Å². The fraction of sp³-hybridized carbons (Fsp3) is 0.214. The highest BCUT2D eigenvalue weighted by atomic mass is 32.1. The van der Waals surface area contributed by atoms with Crippen LogP contribution < -0.4 is 4.74 Å². The van der Waals surface area contributed by atoms with E-state index in [-0.39, 0.29) is 5.78 Å². The number of rotatable bonds is 4. The molecule has 0 radical (unpaired) electrons. The summed E-state index contributed by atoms with van der Waals surface area (Å²) in [6.07, 6.45) is 0.983. The van der Waals surface area contributed by atoms with Gasteiger partial charge < -0.3 is 4.74 Å². The summed E-state index contributed by atoms with van der Waals surface area (Å²) in [4.78, 5) is 12.9. The Hall–Kier alpha value is -1.61. The summed E-state index contributed by atoms with van der Waals surface area (Å²) >= 11 is 1.41. The molecule has 2 aromatic rings. The minimum Gasteiger partial charge on any atom is -0.495 e. The van der Waals surface area contributed by atoms with Crippen LogP contribution in [0, 0.1) is 0 Å². The van der Waals surface area contributed by atoms with E-state index in [1.165, 1.54) is 16.9 Å². The zero-order valence-electron chi connectivity index (χ0n) is 9.90. The van der Waals surface area contributed by atoms with Gasteiger partial charge in [-0.15, -0.1) is 11.3 Å². The molecule has 0 spiro atoms. The van der Waals surface area contributed by atoms with Crippen LogP contribution in [-0.2, 0) is 6.42 Å². The van der Waals surface area contributed by atoms with Crippen LogP contribution in [0.3, 0.4) is 0 Å². The summed E-state index contributed by atoms with van der Waals surface area (Å²) in [5, 5.41) is 1.87. The fourth-order valence-corrected chi connectivity index (χ4v) is 2.47. The summed E-state index contributed by atoms with van der Waals surface area (Å²) in [7, 11) is 1.58. The number of ketones is 1. The smallest absolute Gasteiger partial charge is 0.206 e. The molecule has 1 heterocycles. The van der Waals surface area contributed by atoms with Gasteiger partial charge in [0, 0.05) is 5.56 Å². The molecular weight excluding hydrogens is 232 g/mol. The molecule has 3 heteroatoms. The lowest BCUT2D eigenvalue weighted by molar-refractivity contribution is 0.104. The molecule has 0 saturated carbocycles. The lowest BCUT2D eigenvalue weighted by atomic mass is 10.1. The maximum absolute atomic E-state index is 12.2. The lowest BCUT2D eigenvalue weighted by Crippen LogP contribution is -2.00.